The number of hydrogen-bond donors (Lipinski definition) is 2. The van der Waals surface area contributed by atoms with E-state index < -0.39 is 0 Å². The number of carbonyl (C=O) groups excluding carboxylic acids is 1. The Balaban J connectivity index is 1.14. The molecule has 1 amide bonds. The van der Waals surface area contributed by atoms with Gasteiger partial charge in [0.25, 0.3) is 5.91 Å². The van der Waals surface area contributed by atoms with Crippen molar-refractivity contribution in [1.29, 1.82) is 0 Å². The smallest absolute Gasteiger partial charge is 0.253 e. The second-order valence-electron chi connectivity index (χ2n) is 11.5. The average molecular weight is 571 g/mol. The Hall–Kier alpha value is -1.98. The molecule has 2 aromatic carbocycles. The molecule has 1 heterocycles. The van der Waals surface area contributed by atoms with Crippen LogP contribution in [0.4, 0.5) is 0 Å². The molecule has 1 aromatic heterocycles. The van der Waals surface area contributed by atoms with Crippen molar-refractivity contribution >= 4 is 40.7 Å². The van der Waals surface area contributed by atoms with E-state index in [1.54, 1.807) is 12.1 Å². The zero-order valence-electron chi connectivity index (χ0n) is 21.7. The van der Waals surface area contributed by atoms with Crippen molar-refractivity contribution in [1.82, 2.24) is 15.2 Å². The largest absolute Gasteiger partial charge is 0.352 e. The lowest BCUT2D eigenvalue weighted by Crippen LogP contribution is -2.54. The van der Waals surface area contributed by atoms with Crippen LogP contribution in [-0.2, 0) is 0 Å². The first-order chi connectivity index (χ1) is 18.4. The first-order valence-electron chi connectivity index (χ1n) is 13.8. The third-order valence-corrected chi connectivity index (χ3v) is 9.83. The lowest BCUT2D eigenvalue weighted by atomic mass is 9.54. The highest BCUT2D eigenvalue weighted by molar-refractivity contribution is 6.35. The third kappa shape index (κ3) is 5.13. The minimum atomic E-state index is -0.0730. The molecule has 7 rings (SSSR count). The van der Waals surface area contributed by atoms with Crippen molar-refractivity contribution in [2.75, 3.05) is 13.1 Å². The summed E-state index contributed by atoms with van der Waals surface area (Å²) < 4.78 is 1.97. The Kier molecular flexibility index (Phi) is 7.52. The topological polar surface area (TPSA) is 46.1 Å². The Bertz CT molecular complexity index is 1300. The fraction of sp³-hybridized carbons (Fsp3) is 0.452. The van der Waals surface area contributed by atoms with Gasteiger partial charge in [-0.05, 0) is 117 Å². The van der Waals surface area contributed by atoms with Crippen molar-refractivity contribution in [2.24, 2.45) is 23.7 Å². The van der Waals surface area contributed by atoms with Gasteiger partial charge >= 0.3 is 0 Å². The summed E-state index contributed by atoms with van der Waals surface area (Å²) in [5, 5.41) is 8.77. The number of aromatic nitrogens is 1. The number of nitrogens with one attached hydrogen (secondary N) is 2. The van der Waals surface area contributed by atoms with Gasteiger partial charge in [-0.25, -0.2) is 0 Å². The van der Waals surface area contributed by atoms with Gasteiger partial charge in [0.15, 0.2) is 0 Å². The number of nitrogens with zero attached hydrogens (tertiary/aromatic N) is 1. The summed E-state index contributed by atoms with van der Waals surface area (Å²) in [6.45, 7) is 3.57. The number of rotatable bonds is 8. The molecule has 3 aromatic rings. The maximum Gasteiger partial charge on any atom is 0.253 e. The number of halogens is 3. The number of amides is 1. The van der Waals surface area contributed by atoms with Crippen molar-refractivity contribution < 1.29 is 4.79 Å². The Morgan fingerprint density at radius 3 is 2.21 bits per heavy atom. The highest BCUT2D eigenvalue weighted by Crippen LogP contribution is 2.53. The van der Waals surface area contributed by atoms with Gasteiger partial charge < -0.3 is 15.2 Å². The van der Waals surface area contributed by atoms with E-state index in [9.17, 15) is 4.79 Å². The highest BCUT2D eigenvalue weighted by Gasteiger charge is 2.47. The quantitative estimate of drug-likeness (QED) is 0.270. The predicted molar refractivity (Wildman–Crippen MR) is 157 cm³/mol. The van der Waals surface area contributed by atoms with Crippen molar-refractivity contribution in [3.8, 4) is 16.9 Å². The SMILES string of the molecule is Cc1c(C(=O)NCCCNC2C3CC4CC(C3)CC2C4)cn(-c2ccc(Cl)cc2Cl)c1-c1ccc(Cl)cc1. The molecule has 4 fully saturated rings. The minimum Gasteiger partial charge on any atom is -0.352 e. The molecule has 4 bridgehead atoms. The van der Waals surface area contributed by atoms with Crippen LogP contribution in [0.3, 0.4) is 0 Å². The van der Waals surface area contributed by atoms with Gasteiger partial charge in [-0.3, -0.25) is 4.79 Å². The van der Waals surface area contributed by atoms with Crippen LogP contribution in [0.2, 0.25) is 15.1 Å². The summed E-state index contributed by atoms with van der Waals surface area (Å²) >= 11 is 18.9. The van der Waals surface area contributed by atoms with Gasteiger partial charge in [-0.15, -0.1) is 0 Å². The molecule has 4 aliphatic carbocycles. The minimum absolute atomic E-state index is 0.0730. The molecule has 2 N–H and O–H groups in total. The molecule has 0 spiro atoms. The average Bonchev–Trinajstić information content (AvgIpc) is 3.22. The first-order valence-corrected chi connectivity index (χ1v) is 15.0. The zero-order valence-corrected chi connectivity index (χ0v) is 23.9. The fourth-order valence-corrected chi connectivity index (χ4v) is 8.20. The highest BCUT2D eigenvalue weighted by atomic mass is 35.5. The maximum atomic E-state index is 13.3. The molecule has 4 saturated carbocycles. The van der Waals surface area contributed by atoms with Gasteiger partial charge in [0.05, 0.1) is 22.0 Å². The molecule has 0 aliphatic heterocycles. The second kappa shape index (κ2) is 10.9. The van der Waals surface area contributed by atoms with Crippen molar-refractivity contribution in [3.05, 3.63) is 74.9 Å². The van der Waals surface area contributed by atoms with Crippen LogP contribution in [0.15, 0.2) is 48.7 Å². The maximum absolute atomic E-state index is 13.3. The van der Waals surface area contributed by atoms with E-state index in [1.165, 1.54) is 32.1 Å². The van der Waals surface area contributed by atoms with E-state index in [0.717, 1.165) is 59.1 Å². The van der Waals surface area contributed by atoms with Crippen LogP contribution in [0.25, 0.3) is 16.9 Å². The zero-order chi connectivity index (χ0) is 26.4. The van der Waals surface area contributed by atoms with Crippen LogP contribution in [-0.4, -0.2) is 29.6 Å². The summed E-state index contributed by atoms with van der Waals surface area (Å²) in [7, 11) is 0. The van der Waals surface area contributed by atoms with Gasteiger partial charge in [0.2, 0.25) is 0 Å². The van der Waals surface area contributed by atoms with Crippen LogP contribution < -0.4 is 10.6 Å². The second-order valence-corrected chi connectivity index (χ2v) is 12.8. The van der Waals surface area contributed by atoms with E-state index in [0.29, 0.717) is 33.2 Å². The predicted octanol–water partition coefficient (Wildman–Crippen LogP) is 7.95. The monoisotopic (exact) mass is 569 g/mol. The fourth-order valence-electron chi connectivity index (χ4n) is 7.57. The lowest BCUT2D eigenvalue weighted by Gasteiger charge is -2.54. The summed E-state index contributed by atoms with van der Waals surface area (Å²) in [5.41, 5.74) is 4.15. The Labute approximate surface area is 240 Å². The summed E-state index contributed by atoms with van der Waals surface area (Å²) in [4.78, 5) is 13.3. The van der Waals surface area contributed by atoms with E-state index in [-0.39, 0.29) is 5.91 Å². The van der Waals surface area contributed by atoms with E-state index in [2.05, 4.69) is 10.6 Å². The van der Waals surface area contributed by atoms with Crippen LogP contribution in [0.5, 0.6) is 0 Å². The van der Waals surface area contributed by atoms with Crippen LogP contribution in [0.1, 0.15) is 54.4 Å². The molecule has 0 atom stereocenters. The van der Waals surface area contributed by atoms with Gasteiger partial charge in [0.1, 0.15) is 0 Å². The number of benzene rings is 2. The van der Waals surface area contributed by atoms with Crippen molar-refractivity contribution in [2.45, 2.75) is 51.5 Å². The lowest BCUT2D eigenvalue weighted by molar-refractivity contribution is -0.0135. The number of carbonyl (C=O) groups is 1. The Morgan fingerprint density at radius 1 is 0.895 bits per heavy atom. The van der Waals surface area contributed by atoms with Gasteiger partial charge in [-0.2, -0.15) is 0 Å². The molecule has 7 heteroatoms. The summed E-state index contributed by atoms with van der Waals surface area (Å²) in [6, 6.07) is 13.7. The van der Waals surface area contributed by atoms with Gasteiger partial charge in [-0.1, -0.05) is 46.9 Å². The molecule has 200 valence electrons. The van der Waals surface area contributed by atoms with Crippen LogP contribution in [0, 0.1) is 30.6 Å². The Morgan fingerprint density at radius 2 is 1.55 bits per heavy atom. The summed E-state index contributed by atoms with van der Waals surface area (Å²) in [6.07, 6.45) is 9.96. The van der Waals surface area contributed by atoms with Gasteiger partial charge in [0, 0.05) is 28.8 Å². The molecular weight excluding hydrogens is 537 g/mol. The van der Waals surface area contributed by atoms with E-state index in [4.69, 9.17) is 34.8 Å². The molecule has 0 unspecified atom stereocenters. The van der Waals surface area contributed by atoms with E-state index >= 15 is 0 Å². The van der Waals surface area contributed by atoms with E-state index in [1.807, 2.05) is 48.0 Å². The molecule has 0 saturated heterocycles. The molecule has 4 nitrogen and oxygen atoms in total. The molecule has 4 aliphatic rings. The third-order valence-electron chi connectivity index (χ3n) is 9.04. The molecule has 0 radical (unpaired) electrons. The van der Waals surface area contributed by atoms with Crippen molar-refractivity contribution in [3.63, 3.8) is 0 Å². The summed E-state index contributed by atoms with van der Waals surface area (Å²) in [5.74, 6) is 3.65. The standard InChI is InChI=1S/C31H34Cl3N3O/c1-18-26(31(38)36-10-2-9-35-29-22-12-19-11-20(14-22)15-23(29)13-19)17-37(28-8-7-25(33)16-27(28)34)30(18)21-3-5-24(32)6-4-21/h3-8,16-17,19-20,22-23,29,35H,2,9-15H2,1H3,(H,36,38). The van der Waals surface area contributed by atoms with Crippen LogP contribution >= 0.6 is 34.8 Å². The number of hydrogen-bond acceptors (Lipinski definition) is 2. The molecular formula is C31H34Cl3N3O. The normalized spacial score (nSPS) is 25.6. The first kappa shape index (κ1) is 26.3. The molecule has 38 heavy (non-hydrogen) atoms.